The summed E-state index contributed by atoms with van der Waals surface area (Å²) in [6.45, 7) is 3.15. The van der Waals surface area contributed by atoms with Crippen molar-refractivity contribution in [2.75, 3.05) is 15.4 Å². The van der Waals surface area contributed by atoms with Crippen LogP contribution in [0.25, 0.3) is 12.2 Å². The van der Waals surface area contributed by atoms with Crippen molar-refractivity contribution in [1.82, 2.24) is 5.16 Å². The van der Waals surface area contributed by atoms with Crippen LogP contribution in [0.5, 0.6) is 0 Å². The van der Waals surface area contributed by atoms with Crippen LogP contribution in [0.15, 0.2) is 57.9 Å². The lowest BCUT2D eigenvalue weighted by Crippen LogP contribution is -2.14. The average Bonchev–Trinajstić information content (AvgIpc) is 3.59. The summed E-state index contributed by atoms with van der Waals surface area (Å²) < 4.78 is 33.2. The zero-order valence-electron chi connectivity index (χ0n) is 18.7. The minimum atomic E-state index is -3.79. The number of rotatable bonds is 8. The molecule has 1 aliphatic rings. The van der Waals surface area contributed by atoms with Gasteiger partial charge in [0.2, 0.25) is 11.8 Å². The molecule has 34 heavy (non-hydrogen) atoms. The number of hydrogen-bond donors (Lipinski definition) is 3. The quantitative estimate of drug-likeness (QED) is 0.442. The van der Waals surface area contributed by atoms with Gasteiger partial charge in [-0.3, -0.25) is 14.3 Å². The number of nitrogens with zero attached hydrogens (tertiary/aromatic N) is 1. The van der Waals surface area contributed by atoms with Gasteiger partial charge < -0.3 is 15.2 Å². The predicted octanol–water partition coefficient (Wildman–Crippen LogP) is 4.26. The van der Waals surface area contributed by atoms with E-state index in [9.17, 15) is 18.0 Å². The van der Waals surface area contributed by atoms with Gasteiger partial charge in [0.15, 0.2) is 5.76 Å². The van der Waals surface area contributed by atoms with Crippen LogP contribution in [0.2, 0.25) is 0 Å². The Balaban J connectivity index is 1.43. The van der Waals surface area contributed by atoms with Gasteiger partial charge in [-0.2, -0.15) is 0 Å². The molecule has 1 fully saturated rings. The molecule has 0 unspecified atom stereocenters. The number of nitrogens with one attached hydrogen (secondary N) is 3. The van der Waals surface area contributed by atoms with Crippen LogP contribution < -0.4 is 15.4 Å². The number of carbonyl (C=O) groups excluding carboxylic acids is 2. The minimum absolute atomic E-state index is 0.0345. The van der Waals surface area contributed by atoms with Crippen molar-refractivity contribution in [3.05, 3.63) is 65.5 Å². The largest absolute Gasteiger partial charge is 0.354 e. The van der Waals surface area contributed by atoms with Gasteiger partial charge in [0.1, 0.15) is 11.4 Å². The van der Waals surface area contributed by atoms with Gasteiger partial charge in [-0.15, -0.1) is 0 Å². The van der Waals surface area contributed by atoms with Gasteiger partial charge in [0.25, 0.3) is 10.0 Å². The molecule has 3 N–H and O–H groups in total. The molecule has 176 valence electrons. The molecule has 4 rings (SSSR count). The zero-order chi connectivity index (χ0) is 24.3. The van der Waals surface area contributed by atoms with E-state index >= 15 is 0 Å². The second-order valence-electron chi connectivity index (χ2n) is 8.04. The molecular formula is C24H24N4O5S. The highest BCUT2D eigenvalue weighted by Crippen LogP contribution is 2.32. The maximum atomic E-state index is 12.7. The van der Waals surface area contributed by atoms with Crippen molar-refractivity contribution < 1.29 is 22.5 Å². The molecular weight excluding hydrogens is 456 g/mol. The topological polar surface area (TPSA) is 130 Å². The fraction of sp³-hybridized carbons (Fsp3) is 0.208. The molecule has 1 aliphatic carbocycles. The predicted molar refractivity (Wildman–Crippen MR) is 130 cm³/mol. The van der Waals surface area contributed by atoms with E-state index in [4.69, 9.17) is 4.52 Å². The second-order valence-corrected chi connectivity index (χ2v) is 9.72. The Bertz CT molecular complexity index is 1340. The van der Waals surface area contributed by atoms with Gasteiger partial charge in [-0.25, -0.2) is 8.42 Å². The maximum Gasteiger partial charge on any atom is 0.261 e. The molecule has 2 aromatic carbocycles. The van der Waals surface area contributed by atoms with E-state index in [1.54, 1.807) is 55.5 Å². The summed E-state index contributed by atoms with van der Waals surface area (Å²) >= 11 is 0. The molecule has 1 saturated carbocycles. The van der Waals surface area contributed by atoms with E-state index in [2.05, 4.69) is 20.5 Å². The number of anilines is 3. The molecule has 10 heteroatoms. The number of hydrogen-bond acceptors (Lipinski definition) is 6. The van der Waals surface area contributed by atoms with Crippen molar-refractivity contribution >= 4 is 51.1 Å². The summed E-state index contributed by atoms with van der Waals surface area (Å²) in [6, 6.07) is 12.7. The molecule has 0 radical (unpaired) electrons. The molecule has 3 aromatic rings. The number of aromatic nitrogens is 1. The van der Waals surface area contributed by atoms with Crippen LogP contribution in [0.4, 0.5) is 17.1 Å². The molecule has 0 aliphatic heterocycles. The molecule has 0 bridgehead atoms. The fourth-order valence-corrected chi connectivity index (χ4v) is 4.25. The molecule has 2 amide bonds. The van der Waals surface area contributed by atoms with E-state index in [0.717, 1.165) is 18.4 Å². The van der Waals surface area contributed by atoms with Crippen LogP contribution in [0, 0.1) is 12.8 Å². The Labute approximate surface area is 197 Å². The first-order valence-electron chi connectivity index (χ1n) is 10.7. The highest BCUT2D eigenvalue weighted by molar-refractivity contribution is 7.92. The van der Waals surface area contributed by atoms with Crippen LogP contribution in [-0.2, 0) is 19.6 Å². The zero-order valence-corrected chi connectivity index (χ0v) is 19.5. The SMILES string of the molecule is CC(=O)Nc1ccc(NS(=O)(=O)c2ccc(C=Cc3onc(C)c3NC(=O)C3CC3)cc2)cc1. The molecule has 0 saturated heterocycles. The number of benzene rings is 2. The normalized spacial score (nSPS) is 13.6. The third-order valence-corrected chi connectivity index (χ3v) is 6.56. The van der Waals surface area contributed by atoms with E-state index < -0.39 is 10.0 Å². The van der Waals surface area contributed by atoms with Crippen molar-refractivity contribution in [2.24, 2.45) is 5.92 Å². The molecule has 9 nitrogen and oxygen atoms in total. The summed E-state index contributed by atoms with van der Waals surface area (Å²) in [6.07, 6.45) is 5.22. The Morgan fingerprint density at radius 2 is 1.62 bits per heavy atom. The number of aryl methyl sites for hydroxylation is 1. The van der Waals surface area contributed by atoms with Crippen LogP contribution >= 0.6 is 0 Å². The molecule has 0 atom stereocenters. The Kier molecular flexibility index (Phi) is 6.51. The monoisotopic (exact) mass is 480 g/mol. The van der Waals surface area contributed by atoms with Crippen molar-refractivity contribution in [3.8, 4) is 0 Å². The lowest BCUT2D eigenvalue weighted by Gasteiger charge is -2.09. The number of amides is 2. The van der Waals surface area contributed by atoms with Crippen molar-refractivity contribution in [2.45, 2.75) is 31.6 Å². The van der Waals surface area contributed by atoms with E-state index in [0.29, 0.717) is 28.5 Å². The first-order valence-corrected chi connectivity index (χ1v) is 12.2. The Morgan fingerprint density at radius 1 is 0.971 bits per heavy atom. The average molecular weight is 481 g/mol. The highest BCUT2D eigenvalue weighted by Gasteiger charge is 2.30. The van der Waals surface area contributed by atoms with Gasteiger partial charge in [-0.1, -0.05) is 23.4 Å². The summed E-state index contributed by atoms with van der Waals surface area (Å²) in [5.74, 6) is 0.241. The van der Waals surface area contributed by atoms with Crippen molar-refractivity contribution in [1.29, 1.82) is 0 Å². The van der Waals surface area contributed by atoms with Crippen LogP contribution in [-0.4, -0.2) is 25.4 Å². The molecule has 0 spiro atoms. The third-order valence-electron chi connectivity index (χ3n) is 5.16. The summed E-state index contributed by atoms with van der Waals surface area (Å²) in [7, 11) is -3.79. The first-order chi connectivity index (χ1) is 16.2. The van der Waals surface area contributed by atoms with Crippen LogP contribution in [0.3, 0.4) is 0 Å². The van der Waals surface area contributed by atoms with Gasteiger partial charge in [0.05, 0.1) is 4.90 Å². The Hall–Kier alpha value is -3.92. The Morgan fingerprint density at radius 3 is 2.24 bits per heavy atom. The van der Waals surface area contributed by atoms with Crippen molar-refractivity contribution in [3.63, 3.8) is 0 Å². The maximum absolute atomic E-state index is 12.7. The lowest BCUT2D eigenvalue weighted by atomic mass is 10.2. The summed E-state index contributed by atoms with van der Waals surface area (Å²) in [5, 5.41) is 9.41. The molecule has 1 heterocycles. The second kappa shape index (κ2) is 9.52. The van der Waals surface area contributed by atoms with E-state index in [1.807, 2.05) is 0 Å². The fourth-order valence-electron chi connectivity index (χ4n) is 3.19. The van der Waals surface area contributed by atoms with Gasteiger partial charge >= 0.3 is 0 Å². The third kappa shape index (κ3) is 5.70. The van der Waals surface area contributed by atoms with E-state index in [1.165, 1.54) is 19.1 Å². The first kappa shape index (κ1) is 23.2. The van der Waals surface area contributed by atoms with Crippen LogP contribution in [0.1, 0.15) is 36.8 Å². The summed E-state index contributed by atoms with van der Waals surface area (Å²) in [4.78, 5) is 23.3. The summed E-state index contributed by atoms with van der Waals surface area (Å²) in [5.41, 5.74) is 2.82. The minimum Gasteiger partial charge on any atom is -0.354 e. The standard InChI is InChI=1S/C24H24N4O5S/c1-15-23(26-24(30)18-6-7-18)22(33-27-15)14-5-17-3-12-21(13-4-17)34(31,32)28-20-10-8-19(9-11-20)25-16(2)29/h3-5,8-14,18,28H,6-7H2,1-2H3,(H,25,29)(H,26,30). The smallest absolute Gasteiger partial charge is 0.261 e. The van der Waals surface area contributed by atoms with Gasteiger partial charge in [0, 0.05) is 24.2 Å². The number of carbonyl (C=O) groups is 2. The highest BCUT2D eigenvalue weighted by atomic mass is 32.2. The van der Waals surface area contributed by atoms with Gasteiger partial charge in [-0.05, 0) is 67.8 Å². The number of sulfonamides is 1. The van der Waals surface area contributed by atoms with E-state index in [-0.39, 0.29) is 22.6 Å². The lowest BCUT2D eigenvalue weighted by molar-refractivity contribution is -0.117. The molecule has 1 aromatic heterocycles.